The van der Waals surface area contributed by atoms with Crippen LogP contribution in [-0.4, -0.2) is 69.5 Å². The summed E-state index contributed by atoms with van der Waals surface area (Å²) >= 11 is -2.25. The van der Waals surface area contributed by atoms with E-state index in [1.807, 2.05) is 49.1 Å². The molecular formula is C116H156N4O6W. The van der Waals surface area contributed by atoms with Crippen molar-refractivity contribution in [2.24, 2.45) is 20.0 Å². The molecule has 6 aliphatic rings. The minimum absolute atomic E-state index is 0.0229. The summed E-state index contributed by atoms with van der Waals surface area (Å²) in [6.07, 6.45) is 65.3. The van der Waals surface area contributed by atoms with E-state index in [4.69, 9.17) is 26.8 Å². The molecule has 10 nitrogen and oxygen atoms in total. The van der Waals surface area contributed by atoms with Gasteiger partial charge in [-0.05, 0) is 215 Å². The molecule has 0 radical (unpaired) electrons. The van der Waals surface area contributed by atoms with Gasteiger partial charge < -0.3 is 20.4 Å². The Morgan fingerprint density at radius 2 is 0.425 bits per heavy atom. The third-order valence-corrected chi connectivity index (χ3v) is 30.3. The number of fused-ring (bicyclic) bond motifs is 12. The molecule has 14 rings (SSSR count). The molecule has 0 aliphatic heterocycles. The van der Waals surface area contributed by atoms with Crippen LogP contribution in [0.2, 0.25) is 0 Å². The first kappa shape index (κ1) is 98.0. The van der Waals surface area contributed by atoms with Gasteiger partial charge in [-0.1, -0.05) is 384 Å². The molecule has 4 atom stereocenters. The van der Waals surface area contributed by atoms with Gasteiger partial charge >= 0.3 is 25.3 Å². The Bertz CT molecular complexity index is 4330. The van der Waals surface area contributed by atoms with Gasteiger partial charge in [0.25, 0.3) is 0 Å². The Balaban J connectivity index is 0.000000224. The van der Waals surface area contributed by atoms with E-state index < -0.39 is 18.5 Å². The van der Waals surface area contributed by atoms with E-state index in [-0.39, 0.29) is 45.8 Å². The van der Waals surface area contributed by atoms with Crippen LogP contribution >= 0.6 is 0 Å². The Hall–Kier alpha value is -8.07. The number of phenols is 4. The molecular weight excluding hydrogens is 1730 g/mol. The fourth-order valence-corrected chi connectivity index (χ4v) is 23.5. The van der Waals surface area contributed by atoms with E-state index in [9.17, 15) is 20.4 Å². The zero-order valence-corrected chi connectivity index (χ0v) is 82.2. The van der Waals surface area contributed by atoms with Crippen molar-refractivity contribution in [1.29, 1.82) is 0 Å². The summed E-state index contributed by atoms with van der Waals surface area (Å²) in [7, 11) is 0. The summed E-state index contributed by atoms with van der Waals surface area (Å²) in [4.78, 5) is 21.1. The summed E-state index contributed by atoms with van der Waals surface area (Å²) in [5.74, 6) is 1.23. The van der Waals surface area contributed by atoms with Gasteiger partial charge in [0.2, 0.25) is 0 Å². The van der Waals surface area contributed by atoms with Gasteiger partial charge in [0.15, 0.2) is 0 Å². The second-order valence-electron chi connectivity index (χ2n) is 38.8. The molecule has 0 amide bonds. The van der Waals surface area contributed by atoms with Crippen molar-refractivity contribution in [1.82, 2.24) is 0 Å². The molecule has 4 unspecified atom stereocenters. The quantitative estimate of drug-likeness (QED) is 0.0219. The molecule has 682 valence electrons. The molecule has 6 aliphatic carbocycles. The van der Waals surface area contributed by atoms with Crippen LogP contribution in [0.1, 0.15) is 430 Å². The summed E-state index contributed by atoms with van der Waals surface area (Å²) in [5.41, 5.74) is 24.4. The van der Waals surface area contributed by atoms with Crippen molar-refractivity contribution in [3.8, 4) is 67.5 Å². The first-order valence-electron chi connectivity index (χ1n) is 51.2. The first-order chi connectivity index (χ1) is 62.2. The Kier molecular flexibility index (Phi) is 38.0. The van der Waals surface area contributed by atoms with E-state index >= 15 is 0 Å². The number of hydrogen-bond acceptors (Lipinski definition) is 10. The molecule has 0 bridgehead atoms. The third-order valence-electron chi connectivity index (χ3n) is 30.3. The SMILES string of the molecule is CCCCCCC1(CCCCCC)c2ccccc2-c2cc(O)c(C=NC3CCCCC3N=Cc3cc4c(cc3O)-c3ccccc3C4(CCCCCC)CCCCCC)cc21.CCCCCCC1(CCCCCC)c2ccccc2-c2cc(O)c(C=NC3CCCCC3N=Cc3cc4c(cc3O)-c3ccccc3C4(CCCCCC)CCCCCC)cc21.[O]=[W]=[O]. The monoisotopic (exact) mass is 1890 g/mol. The topological polar surface area (TPSA) is 164 Å². The molecule has 4 N–H and O–H groups in total. The number of benzene rings is 8. The van der Waals surface area contributed by atoms with Gasteiger partial charge in [-0.15, -0.1) is 0 Å². The zero-order valence-electron chi connectivity index (χ0n) is 79.2. The van der Waals surface area contributed by atoms with Crippen molar-refractivity contribution < 1.29 is 45.7 Å². The van der Waals surface area contributed by atoms with Crippen molar-refractivity contribution in [2.45, 2.75) is 409 Å². The molecule has 0 saturated heterocycles. The van der Waals surface area contributed by atoms with Gasteiger partial charge in [0.1, 0.15) is 23.0 Å². The average Bonchev–Trinajstić information content (AvgIpc) is 1.59. The van der Waals surface area contributed by atoms with Crippen LogP contribution in [0, 0.1) is 0 Å². The van der Waals surface area contributed by atoms with E-state index in [0.29, 0.717) is 23.0 Å². The number of hydrogen-bond donors (Lipinski definition) is 4. The molecule has 11 heteroatoms. The van der Waals surface area contributed by atoms with Gasteiger partial charge in [-0.2, -0.15) is 0 Å². The van der Waals surface area contributed by atoms with Crippen LogP contribution < -0.4 is 0 Å². The fourth-order valence-electron chi connectivity index (χ4n) is 23.5. The fraction of sp³-hybridized carbons (Fsp3) is 0.552. The summed E-state index contributed by atoms with van der Waals surface area (Å²) in [5, 5.41) is 46.5. The van der Waals surface area contributed by atoms with E-state index in [1.54, 1.807) is 0 Å². The van der Waals surface area contributed by atoms with Crippen LogP contribution in [0.3, 0.4) is 0 Å². The Morgan fingerprint density at radius 3 is 0.598 bits per heavy atom. The minimum atomic E-state index is -2.25. The summed E-state index contributed by atoms with van der Waals surface area (Å²) in [6.45, 7) is 18.4. The molecule has 8 aromatic carbocycles. The molecule has 0 heterocycles. The van der Waals surface area contributed by atoms with Crippen LogP contribution in [0.15, 0.2) is 166 Å². The second-order valence-corrected chi connectivity index (χ2v) is 39.3. The number of phenolic OH excluding ortho intramolecular Hbond substituents is 4. The maximum absolute atomic E-state index is 11.6. The third kappa shape index (κ3) is 23.1. The van der Waals surface area contributed by atoms with Crippen molar-refractivity contribution in [3.63, 3.8) is 0 Å². The summed E-state index contributed by atoms with van der Waals surface area (Å²) < 4.78 is 17.1. The maximum atomic E-state index is 11.6. The van der Waals surface area contributed by atoms with Crippen LogP contribution in [0.5, 0.6) is 23.0 Å². The van der Waals surface area contributed by atoms with Crippen molar-refractivity contribution in [2.75, 3.05) is 0 Å². The normalized spacial score (nSPS) is 18.0. The molecule has 8 aromatic rings. The molecule has 0 spiro atoms. The number of unbranched alkanes of at least 4 members (excludes halogenated alkanes) is 24. The first-order valence-corrected chi connectivity index (χ1v) is 53.6. The molecule has 127 heavy (non-hydrogen) atoms. The number of rotatable bonds is 48. The molecule has 2 saturated carbocycles. The Labute approximate surface area is 774 Å². The van der Waals surface area contributed by atoms with E-state index in [2.05, 4.69) is 177 Å². The predicted molar refractivity (Wildman–Crippen MR) is 531 cm³/mol. The average molecular weight is 1890 g/mol. The van der Waals surface area contributed by atoms with Crippen molar-refractivity contribution >= 4 is 24.9 Å². The van der Waals surface area contributed by atoms with Crippen LogP contribution in [-0.2, 0) is 46.9 Å². The molecule has 0 aromatic heterocycles. The van der Waals surface area contributed by atoms with Gasteiger partial charge in [-0.25, -0.2) is 0 Å². The van der Waals surface area contributed by atoms with Crippen LogP contribution in [0.4, 0.5) is 0 Å². The van der Waals surface area contributed by atoms with Gasteiger partial charge in [-0.3, -0.25) is 20.0 Å². The van der Waals surface area contributed by atoms with E-state index in [0.717, 1.165) is 125 Å². The predicted octanol–water partition coefficient (Wildman–Crippen LogP) is 32.5. The standard InChI is InChI=1S/2C58H78N2O2.2O.W/c2*1-5-9-13-23-33-57(34-24-14-10-6-2)49-29-19-17-27-45(49)47-39-55(61)43(37-51(47)57)41-59-53-31-21-22-32-54(53)60-42-44-38-52-48(40-56(44)62)46-28-18-20-30-50(46)58(52,35-25-15-11-7-3)36-26-16-12-8-4;;;/h2*17-20,27-30,37-42,53-54,61-62H,5-16,21-26,31-36H2,1-4H3;;;. The van der Waals surface area contributed by atoms with Gasteiger partial charge in [0, 0.05) is 68.8 Å². The molecule has 2 fully saturated rings. The van der Waals surface area contributed by atoms with Crippen molar-refractivity contribution in [3.05, 3.63) is 212 Å². The van der Waals surface area contributed by atoms with E-state index in [1.165, 1.54) is 294 Å². The number of nitrogens with zero attached hydrogens (tertiary/aromatic N) is 4. The number of aromatic hydroxyl groups is 4. The number of aliphatic imine (C=N–C) groups is 4. The zero-order chi connectivity index (χ0) is 89.4. The Morgan fingerprint density at radius 1 is 0.252 bits per heavy atom. The second kappa shape index (κ2) is 49.3. The van der Waals surface area contributed by atoms with Gasteiger partial charge in [0.05, 0.1) is 24.2 Å². The van der Waals surface area contributed by atoms with Crippen LogP contribution in [0.25, 0.3) is 44.5 Å². The summed E-state index contributed by atoms with van der Waals surface area (Å²) in [6, 6.07) is 53.4.